The molecule has 0 unspecified atom stereocenters. The second-order valence-electron chi connectivity index (χ2n) is 3.65. The molecule has 0 amide bonds. The van der Waals surface area contributed by atoms with Crippen molar-refractivity contribution in [1.29, 1.82) is 0 Å². The quantitative estimate of drug-likeness (QED) is 0.747. The fraction of sp³-hybridized carbons (Fsp3) is 0.385. The van der Waals surface area contributed by atoms with E-state index in [1.807, 2.05) is 44.3 Å². The van der Waals surface area contributed by atoms with Gasteiger partial charge in [-0.25, -0.2) is 0 Å². The lowest BCUT2D eigenvalue weighted by Crippen LogP contribution is -2.19. The summed E-state index contributed by atoms with van der Waals surface area (Å²) in [6.07, 6.45) is 2.21. The van der Waals surface area contributed by atoms with Crippen LogP contribution in [0.5, 0.6) is 0 Å². The highest BCUT2D eigenvalue weighted by Crippen LogP contribution is 2.27. The summed E-state index contributed by atoms with van der Waals surface area (Å²) in [6.45, 7) is 6.48. The highest BCUT2D eigenvalue weighted by atomic mass is 16.3. The van der Waals surface area contributed by atoms with Crippen molar-refractivity contribution in [3.63, 3.8) is 0 Å². The molecule has 2 heteroatoms. The molecule has 0 aliphatic carbocycles. The minimum Gasteiger partial charge on any atom is -0.388 e. The van der Waals surface area contributed by atoms with E-state index in [1.54, 1.807) is 0 Å². The number of rotatable bonds is 5. The molecule has 0 aliphatic heterocycles. The van der Waals surface area contributed by atoms with Crippen molar-refractivity contribution in [2.75, 3.05) is 18.5 Å². The van der Waals surface area contributed by atoms with Crippen LogP contribution in [-0.4, -0.2) is 18.7 Å². The summed E-state index contributed by atoms with van der Waals surface area (Å²) in [7, 11) is 2.00. The number of aliphatic hydroxyl groups is 1. The van der Waals surface area contributed by atoms with E-state index in [0.717, 1.165) is 24.2 Å². The van der Waals surface area contributed by atoms with Crippen molar-refractivity contribution in [2.24, 2.45) is 0 Å². The molecule has 1 aromatic rings. The molecule has 15 heavy (non-hydrogen) atoms. The lowest BCUT2D eigenvalue weighted by Gasteiger charge is -2.22. The average molecular weight is 205 g/mol. The SMILES string of the molecule is C=CCN(C)c1ccccc1[C@H](O)CC. The Balaban J connectivity index is 2.99. The van der Waals surface area contributed by atoms with Crippen LogP contribution < -0.4 is 4.90 Å². The van der Waals surface area contributed by atoms with E-state index in [-0.39, 0.29) is 6.10 Å². The van der Waals surface area contributed by atoms with Crippen LogP contribution in [-0.2, 0) is 0 Å². The van der Waals surface area contributed by atoms with Gasteiger partial charge in [0.2, 0.25) is 0 Å². The lowest BCUT2D eigenvalue weighted by atomic mass is 10.0. The highest BCUT2D eigenvalue weighted by molar-refractivity contribution is 5.54. The van der Waals surface area contributed by atoms with E-state index in [1.165, 1.54) is 0 Å². The summed E-state index contributed by atoms with van der Waals surface area (Å²) < 4.78 is 0. The molecule has 1 atom stereocenters. The van der Waals surface area contributed by atoms with E-state index in [9.17, 15) is 5.11 Å². The maximum absolute atomic E-state index is 9.87. The average Bonchev–Trinajstić information content (AvgIpc) is 2.28. The van der Waals surface area contributed by atoms with Crippen LogP contribution in [0.1, 0.15) is 25.0 Å². The van der Waals surface area contributed by atoms with E-state index in [4.69, 9.17) is 0 Å². The number of anilines is 1. The van der Waals surface area contributed by atoms with Crippen molar-refractivity contribution in [3.8, 4) is 0 Å². The van der Waals surface area contributed by atoms with Gasteiger partial charge in [-0.1, -0.05) is 31.2 Å². The number of hydrogen-bond donors (Lipinski definition) is 1. The molecule has 2 nitrogen and oxygen atoms in total. The van der Waals surface area contributed by atoms with Crippen LogP contribution in [0.15, 0.2) is 36.9 Å². The number of nitrogens with zero attached hydrogens (tertiary/aromatic N) is 1. The Morgan fingerprint density at radius 2 is 2.13 bits per heavy atom. The molecule has 0 radical (unpaired) electrons. The van der Waals surface area contributed by atoms with Crippen molar-refractivity contribution >= 4 is 5.69 Å². The minimum atomic E-state index is -0.381. The zero-order valence-corrected chi connectivity index (χ0v) is 9.48. The molecule has 1 aromatic carbocycles. The predicted octanol–water partition coefficient (Wildman–Crippen LogP) is 2.75. The molecule has 1 rings (SSSR count). The fourth-order valence-electron chi connectivity index (χ4n) is 1.63. The normalized spacial score (nSPS) is 12.2. The highest BCUT2D eigenvalue weighted by Gasteiger charge is 2.11. The van der Waals surface area contributed by atoms with Crippen LogP contribution in [0.25, 0.3) is 0 Å². The molecular formula is C13H19NO. The number of para-hydroxylation sites is 1. The summed E-state index contributed by atoms with van der Waals surface area (Å²) in [5.41, 5.74) is 2.07. The largest absolute Gasteiger partial charge is 0.388 e. The van der Waals surface area contributed by atoms with Crippen LogP contribution in [0.3, 0.4) is 0 Å². The Morgan fingerprint density at radius 1 is 1.47 bits per heavy atom. The molecule has 1 N–H and O–H groups in total. The zero-order chi connectivity index (χ0) is 11.3. The first kappa shape index (κ1) is 11.8. The van der Waals surface area contributed by atoms with Crippen molar-refractivity contribution in [2.45, 2.75) is 19.4 Å². The van der Waals surface area contributed by atoms with Gasteiger partial charge in [0, 0.05) is 24.8 Å². The topological polar surface area (TPSA) is 23.5 Å². The molecular weight excluding hydrogens is 186 g/mol. The maximum atomic E-state index is 9.87. The molecule has 0 saturated heterocycles. The van der Waals surface area contributed by atoms with Gasteiger partial charge in [0.15, 0.2) is 0 Å². The third-order valence-electron chi connectivity index (χ3n) is 2.50. The Kier molecular flexibility index (Phi) is 4.37. The van der Waals surface area contributed by atoms with Gasteiger partial charge in [-0.15, -0.1) is 6.58 Å². The monoisotopic (exact) mass is 205 g/mol. The Morgan fingerprint density at radius 3 is 2.73 bits per heavy atom. The number of benzene rings is 1. The van der Waals surface area contributed by atoms with Gasteiger partial charge in [-0.3, -0.25) is 0 Å². The first-order valence-electron chi connectivity index (χ1n) is 5.29. The summed E-state index contributed by atoms with van der Waals surface area (Å²) in [4.78, 5) is 2.08. The number of aliphatic hydroxyl groups excluding tert-OH is 1. The third-order valence-corrected chi connectivity index (χ3v) is 2.50. The summed E-state index contributed by atoms with van der Waals surface area (Å²) in [5, 5.41) is 9.87. The van der Waals surface area contributed by atoms with Gasteiger partial charge in [0.1, 0.15) is 0 Å². The number of likely N-dealkylation sites (N-methyl/N-ethyl adjacent to an activating group) is 1. The smallest absolute Gasteiger partial charge is 0.0807 e. The van der Waals surface area contributed by atoms with Gasteiger partial charge in [-0.05, 0) is 12.5 Å². The van der Waals surface area contributed by atoms with Gasteiger partial charge >= 0.3 is 0 Å². The van der Waals surface area contributed by atoms with Crippen LogP contribution >= 0.6 is 0 Å². The second kappa shape index (κ2) is 5.56. The molecule has 82 valence electrons. The van der Waals surface area contributed by atoms with E-state index in [0.29, 0.717) is 0 Å². The molecule has 0 fully saturated rings. The first-order valence-corrected chi connectivity index (χ1v) is 5.29. The molecule has 0 bridgehead atoms. The summed E-state index contributed by atoms with van der Waals surface area (Å²) >= 11 is 0. The van der Waals surface area contributed by atoms with E-state index < -0.39 is 0 Å². The summed E-state index contributed by atoms with van der Waals surface area (Å²) in [6, 6.07) is 7.95. The van der Waals surface area contributed by atoms with Crippen molar-refractivity contribution in [3.05, 3.63) is 42.5 Å². The predicted molar refractivity (Wildman–Crippen MR) is 65.2 cm³/mol. The maximum Gasteiger partial charge on any atom is 0.0807 e. The minimum absolute atomic E-state index is 0.381. The molecule has 0 saturated carbocycles. The molecule has 0 aliphatic rings. The fourth-order valence-corrected chi connectivity index (χ4v) is 1.63. The Bertz CT molecular complexity index is 322. The van der Waals surface area contributed by atoms with Crippen molar-refractivity contribution in [1.82, 2.24) is 0 Å². The Hall–Kier alpha value is -1.28. The Labute approximate surface area is 91.9 Å². The van der Waals surface area contributed by atoms with Gasteiger partial charge in [0.05, 0.1) is 6.10 Å². The van der Waals surface area contributed by atoms with Crippen molar-refractivity contribution < 1.29 is 5.11 Å². The van der Waals surface area contributed by atoms with Gasteiger partial charge in [0.25, 0.3) is 0 Å². The van der Waals surface area contributed by atoms with Crippen LogP contribution in [0.2, 0.25) is 0 Å². The van der Waals surface area contributed by atoms with Gasteiger partial charge in [-0.2, -0.15) is 0 Å². The van der Waals surface area contributed by atoms with E-state index in [2.05, 4.69) is 11.5 Å². The standard InChI is InChI=1S/C13H19NO/c1-4-10-14(3)12-9-7-6-8-11(12)13(15)5-2/h4,6-9,13,15H,1,5,10H2,2-3H3/t13-/m1/s1. The second-order valence-corrected chi connectivity index (χ2v) is 3.65. The first-order chi connectivity index (χ1) is 7.20. The summed E-state index contributed by atoms with van der Waals surface area (Å²) in [5.74, 6) is 0. The zero-order valence-electron chi connectivity index (χ0n) is 9.48. The van der Waals surface area contributed by atoms with Gasteiger partial charge < -0.3 is 10.0 Å². The number of hydrogen-bond acceptors (Lipinski definition) is 2. The van der Waals surface area contributed by atoms with Crippen LogP contribution in [0, 0.1) is 0 Å². The lowest BCUT2D eigenvalue weighted by molar-refractivity contribution is 0.174. The van der Waals surface area contributed by atoms with Crippen LogP contribution in [0.4, 0.5) is 5.69 Å². The molecule has 0 aromatic heterocycles. The third kappa shape index (κ3) is 2.83. The molecule has 0 heterocycles. The molecule has 0 spiro atoms. The van der Waals surface area contributed by atoms with E-state index >= 15 is 0 Å².